The molecule has 13 heteroatoms. The van der Waals surface area contributed by atoms with Gasteiger partial charge in [0.05, 0.1) is 21.6 Å². The van der Waals surface area contributed by atoms with Crippen LogP contribution in [0.4, 0.5) is 11.5 Å². The van der Waals surface area contributed by atoms with E-state index >= 15 is 0 Å². The number of nitrogen functional groups attached to an aromatic ring is 1. The first-order valence-corrected chi connectivity index (χ1v) is 12.3. The molecular formula is C26H18N8O4S. The lowest BCUT2D eigenvalue weighted by atomic mass is 10.0. The van der Waals surface area contributed by atoms with Crippen LogP contribution in [0.2, 0.25) is 0 Å². The Morgan fingerprint density at radius 2 is 1.85 bits per heavy atom. The Balaban J connectivity index is 1.37. The molecule has 1 unspecified atom stereocenters. The Labute approximate surface area is 225 Å². The van der Waals surface area contributed by atoms with Gasteiger partial charge < -0.3 is 25.1 Å². The molecule has 0 radical (unpaired) electrons. The van der Waals surface area contributed by atoms with E-state index in [2.05, 4.69) is 25.1 Å². The van der Waals surface area contributed by atoms with Gasteiger partial charge in [-0.15, -0.1) is 0 Å². The molecule has 3 N–H and O–H groups in total. The summed E-state index contributed by atoms with van der Waals surface area (Å²) in [6.07, 6.45) is 0. The lowest BCUT2D eigenvalue weighted by Crippen LogP contribution is -2.32. The third-order valence-electron chi connectivity index (χ3n) is 5.77. The van der Waals surface area contributed by atoms with Crippen molar-refractivity contribution < 1.29 is 23.5 Å². The van der Waals surface area contributed by atoms with Gasteiger partial charge in [-0.3, -0.25) is 4.79 Å². The number of oxazole rings is 1. The van der Waals surface area contributed by atoms with Gasteiger partial charge in [0.25, 0.3) is 5.69 Å². The number of rotatable bonds is 6. The molecule has 0 spiro atoms. The fraction of sp³-hybridized carbons (Fsp3) is 0.115. The van der Waals surface area contributed by atoms with Gasteiger partial charge in [-0.1, -0.05) is 28.6 Å². The number of pyridine rings is 1. The SMILES string of the molecule is CC(Sc1nc(N)c(C#N)c(-c2c([O-])on[n+]2C)c1C#N)C(=O)Nc1ccc(-c2nc3ccccc3o2)cc1. The molecule has 3 aromatic heterocycles. The van der Waals surface area contributed by atoms with Gasteiger partial charge in [0.1, 0.15) is 34.1 Å². The molecule has 192 valence electrons. The number of nitrogens with two attached hydrogens (primary N) is 1. The van der Waals surface area contributed by atoms with E-state index in [0.29, 0.717) is 17.2 Å². The fourth-order valence-electron chi connectivity index (χ4n) is 3.86. The Bertz CT molecular complexity index is 1760. The number of nitrogens with zero attached hydrogens (tertiary/aromatic N) is 6. The zero-order valence-corrected chi connectivity index (χ0v) is 21.3. The van der Waals surface area contributed by atoms with Crippen LogP contribution >= 0.6 is 11.8 Å². The molecule has 0 aliphatic heterocycles. The molecule has 0 fully saturated rings. The number of amides is 1. The second-order valence-electron chi connectivity index (χ2n) is 8.30. The average molecular weight is 539 g/mol. The number of thioether (sulfide) groups is 1. The number of benzene rings is 2. The first-order valence-electron chi connectivity index (χ1n) is 11.4. The second kappa shape index (κ2) is 10.2. The number of aryl methyl sites for hydroxylation is 1. The zero-order chi connectivity index (χ0) is 27.7. The zero-order valence-electron chi connectivity index (χ0n) is 20.5. The number of hydrogen-bond acceptors (Lipinski definition) is 11. The van der Waals surface area contributed by atoms with Crippen molar-refractivity contribution >= 4 is 40.3 Å². The van der Waals surface area contributed by atoms with Crippen molar-refractivity contribution in [3.8, 4) is 40.8 Å². The average Bonchev–Trinajstić information content (AvgIpc) is 3.51. The predicted molar refractivity (Wildman–Crippen MR) is 138 cm³/mol. The summed E-state index contributed by atoms with van der Waals surface area (Å²) in [5, 5.41) is 37.5. The van der Waals surface area contributed by atoms with Crippen molar-refractivity contribution in [1.29, 1.82) is 10.5 Å². The van der Waals surface area contributed by atoms with Crippen LogP contribution < -0.4 is 20.8 Å². The Morgan fingerprint density at radius 1 is 1.13 bits per heavy atom. The maximum atomic E-state index is 13.0. The van der Waals surface area contributed by atoms with Gasteiger partial charge >= 0.3 is 0 Å². The number of carbonyl (C=O) groups is 1. The summed E-state index contributed by atoms with van der Waals surface area (Å²) >= 11 is 0.959. The van der Waals surface area contributed by atoms with Crippen LogP contribution in [-0.4, -0.2) is 26.4 Å². The van der Waals surface area contributed by atoms with E-state index < -0.39 is 11.2 Å². The monoisotopic (exact) mass is 538 g/mol. The van der Waals surface area contributed by atoms with E-state index in [1.165, 1.54) is 7.05 Å². The van der Waals surface area contributed by atoms with Gasteiger partial charge in [-0.2, -0.15) is 10.5 Å². The minimum absolute atomic E-state index is 0.0499. The number of nitriles is 2. The molecule has 3 heterocycles. The van der Waals surface area contributed by atoms with E-state index in [1.54, 1.807) is 31.2 Å². The quantitative estimate of drug-likeness (QED) is 0.238. The molecule has 0 saturated heterocycles. The van der Waals surface area contributed by atoms with Crippen molar-refractivity contribution in [2.75, 3.05) is 11.1 Å². The van der Waals surface area contributed by atoms with E-state index in [0.717, 1.165) is 27.5 Å². The van der Waals surface area contributed by atoms with E-state index in [-0.39, 0.29) is 39.1 Å². The van der Waals surface area contributed by atoms with Crippen LogP contribution in [0.1, 0.15) is 18.1 Å². The van der Waals surface area contributed by atoms with E-state index in [1.807, 2.05) is 36.4 Å². The standard InChI is InChI=1S/C26H18N8O4S/c1-13(23(35)30-15-9-7-14(8-10-15)24-31-18-5-3-4-6-19(18)37-24)39-25-17(12-28)20(16(11-27)22(29)32-25)21-26(36)38-33-34(21)2/h3-10,13H,1-2H3,(H3-,29,30,31,32,33,35,36). The molecule has 0 aliphatic carbocycles. The fourth-order valence-corrected chi connectivity index (χ4v) is 4.77. The molecule has 0 saturated carbocycles. The number of nitrogens with one attached hydrogen (secondary N) is 1. The highest BCUT2D eigenvalue weighted by atomic mass is 32.2. The van der Waals surface area contributed by atoms with E-state index in [4.69, 9.17) is 10.2 Å². The molecule has 5 rings (SSSR count). The summed E-state index contributed by atoms with van der Waals surface area (Å²) in [6.45, 7) is 1.63. The lowest BCUT2D eigenvalue weighted by Gasteiger charge is -2.15. The summed E-state index contributed by atoms with van der Waals surface area (Å²) < 4.78 is 11.6. The molecule has 1 atom stereocenters. The van der Waals surface area contributed by atoms with Gasteiger partial charge in [0, 0.05) is 11.3 Å². The summed E-state index contributed by atoms with van der Waals surface area (Å²) in [7, 11) is 1.43. The molecular weight excluding hydrogens is 520 g/mol. The van der Waals surface area contributed by atoms with Crippen molar-refractivity contribution in [3.05, 3.63) is 59.7 Å². The largest absolute Gasteiger partial charge is 0.539 e. The number of aromatic nitrogens is 4. The van der Waals surface area contributed by atoms with Crippen LogP contribution in [0, 0.1) is 22.7 Å². The normalized spacial score (nSPS) is 11.6. The van der Waals surface area contributed by atoms with Crippen molar-refractivity contribution in [3.63, 3.8) is 0 Å². The third-order valence-corrected chi connectivity index (χ3v) is 6.85. The summed E-state index contributed by atoms with van der Waals surface area (Å²) in [5.74, 6) is -0.953. The maximum absolute atomic E-state index is 13.0. The van der Waals surface area contributed by atoms with Crippen LogP contribution in [0.25, 0.3) is 33.8 Å². The minimum Gasteiger partial charge on any atom is -0.539 e. The number of fused-ring (bicyclic) bond motifs is 1. The van der Waals surface area contributed by atoms with E-state index in [9.17, 15) is 20.4 Å². The summed E-state index contributed by atoms with van der Waals surface area (Å²) in [4.78, 5) is 21.6. The highest BCUT2D eigenvalue weighted by Crippen LogP contribution is 2.38. The number of para-hydroxylation sites is 2. The molecule has 12 nitrogen and oxygen atoms in total. The Kier molecular flexibility index (Phi) is 6.58. The van der Waals surface area contributed by atoms with Crippen molar-refractivity contribution in [2.24, 2.45) is 7.05 Å². The number of anilines is 2. The molecule has 5 aromatic rings. The maximum Gasteiger partial charge on any atom is 0.266 e. The highest BCUT2D eigenvalue weighted by Gasteiger charge is 2.30. The van der Waals surface area contributed by atoms with Gasteiger partial charge in [0.15, 0.2) is 18.6 Å². The molecule has 2 aromatic carbocycles. The van der Waals surface area contributed by atoms with Gasteiger partial charge in [-0.25, -0.2) is 9.97 Å². The third kappa shape index (κ3) is 4.70. The molecule has 39 heavy (non-hydrogen) atoms. The van der Waals surface area contributed by atoms with Crippen molar-refractivity contribution in [1.82, 2.24) is 15.2 Å². The van der Waals surface area contributed by atoms with Crippen LogP contribution in [0.5, 0.6) is 5.95 Å². The van der Waals surface area contributed by atoms with Gasteiger partial charge in [-0.05, 0) is 43.3 Å². The van der Waals surface area contributed by atoms with Crippen LogP contribution in [0.3, 0.4) is 0 Å². The minimum atomic E-state index is -0.848. The number of hydrogen-bond donors (Lipinski definition) is 2. The molecule has 1 amide bonds. The topological polar surface area (TPSA) is 195 Å². The predicted octanol–water partition coefficient (Wildman–Crippen LogP) is 2.89. The van der Waals surface area contributed by atoms with Gasteiger partial charge in [0.2, 0.25) is 11.8 Å². The smallest absolute Gasteiger partial charge is 0.266 e. The summed E-state index contributed by atoms with van der Waals surface area (Å²) in [6, 6.07) is 18.3. The Morgan fingerprint density at radius 3 is 2.49 bits per heavy atom. The number of carbonyl (C=O) groups excluding carboxylic acids is 1. The molecule has 0 aliphatic rings. The Hall–Kier alpha value is -5.40. The summed E-state index contributed by atoms with van der Waals surface area (Å²) in [5.41, 5.74) is 8.26. The van der Waals surface area contributed by atoms with Crippen LogP contribution in [-0.2, 0) is 11.8 Å². The first-order chi connectivity index (χ1) is 18.8. The van der Waals surface area contributed by atoms with Crippen molar-refractivity contribution in [2.45, 2.75) is 17.2 Å². The first kappa shape index (κ1) is 25.3. The van der Waals surface area contributed by atoms with Crippen LogP contribution in [0.15, 0.2) is 62.5 Å². The molecule has 0 bridgehead atoms. The second-order valence-corrected chi connectivity index (χ2v) is 9.63. The highest BCUT2D eigenvalue weighted by molar-refractivity contribution is 8.00. The lowest BCUT2D eigenvalue weighted by molar-refractivity contribution is -0.730.